The molecular weight excluding hydrogens is 422 g/mol. The molecule has 1 atom stereocenters. The summed E-state index contributed by atoms with van der Waals surface area (Å²) >= 11 is 3.34. The van der Waals surface area contributed by atoms with Crippen molar-refractivity contribution in [1.29, 1.82) is 0 Å². The number of hydrogen-bond acceptors (Lipinski definition) is 4. The Bertz CT molecular complexity index is 917. The Morgan fingerprint density at radius 3 is 2.21 bits per heavy atom. The quantitative estimate of drug-likeness (QED) is 0.416. The molecule has 0 aromatic heterocycles. The highest BCUT2D eigenvalue weighted by atomic mass is 79.9. The van der Waals surface area contributed by atoms with Crippen LogP contribution in [0.15, 0.2) is 58.6 Å². The average molecular weight is 444 g/mol. The van der Waals surface area contributed by atoms with Gasteiger partial charge >= 0.3 is 0 Å². The van der Waals surface area contributed by atoms with E-state index < -0.39 is 17.7 Å². The maximum Gasteiger partial charge on any atom is 0.295 e. The van der Waals surface area contributed by atoms with Crippen LogP contribution in [0.5, 0.6) is 0 Å². The number of amides is 1. The first-order chi connectivity index (χ1) is 13.3. The minimum atomic E-state index is -0.744. The van der Waals surface area contributed by atoms with Gasteiger partial charge in [0.2, 0.25) is 0 Å². The van der Waals surface area contributed by atoms with Gasteiger partial charge in [-0.3, -0.25) is 9.59 Å². The first-order valence-electron chi connectivity index (χ1n) is 9.10. The van der Waals surface area contributed by atoms with Crippen molar-refractivity contribution in [2.45, 2.75) is 25.8 Å². The molecule has 5 nitrogen and oxygen atoms in total. The Kier molecular flexibility index (Phi) is 6.01. The topological polar surface area (TPSA) is 77.8 Å². The molecule has 28 heavy (non-hydrogen) atoms. The number of Topliss-reactive ketones (excluding diaryl/α,β-unsaturated/α-hetero) is 1. The van der Waals surface area contributed by atoms with Crippen molar-refractivity contribution in [2.75, 3.05) is 13.2 Å². The predicted molar refractivity (Wildman–Crippen MR) is 111 cm³/mol. The van der Waals surface area contributed by atoms with Gasteiger partial charge in [-0.2, -0.15) is 0 Å². The van der Waals surface area contributed by atoms with Crippen molar-refractivity contribution in [3.05, 3.63) is 75.3 Å². The third kappa shape index (κ3) is 3.75. The number of carbonyl (C=O) groups excluding carboxylic acids is 2. The number of rotatable bonds is 5. The minimum Gasteiger partial charge on any atom is -0.507 e. The van der Waals surface area contributed by atoms with Crippen LogP contribution in [0.25, 0.3) is 5.76 Å². The van der Waals surface area contributed by atoms with Crippen molar-refractivity contribution in [3.63, 3.8) is 0 Å². The highest BCUT2D eigenvalue weighted by Gasteiger charge is 2.45. The highest BCUT2D eigenvalue weighted by Crippen LogP contribution is 2.39. The molecule has 0 saturated carbocycles. The van der Waals surface area contributed by atoms with Gasteiger partial charge in [-0.25, -0.2) is 0 Å². The number of likely N-dealkylation sites (tertiary alicyclic amines) is 1. The third-order valence-electron chi connectivity index (χ3n) is 4.92. The molecule has 1 unspecified atom stereocenters. The van der Waals surface area contributed by atoms with E-state index in [-0.39, 0.29) is 24.5 Å². The van der Waals surface area contributed by atoms with Crippen LogP contribution in [0.4, 0.5) is 0 Å². The number of aliphatic hydroxyl groups excluding tert-OH is 2. The lowest BCUT2D eigenvalue weighted by atomic mass is 9.93. The number of hydrogen-bond donors (Lipinski definition) is 2. The van der Waals surface area contributed by atoms with Gasteiger partial charge in [0, 0.05) is 16.6 Å². The van der Waals surface area contributed by atoms with Gasteiger partial charge in [-0.1, -0.05) is 66.2 Å². The first-order valence-corrected chi connectivity index (χ1v) is 9.89. The molecule has 1 aliphatic heterocycles. The molecule has 1 heterocycles. The van der Waals surface area contributed by atoms with E-state index in [2.05, 4.69) is 29.8 Å². The summed E-state index contributed by atoms with van der Waals surface area (Å²) in [5.74, 6) is -1.33. The van der Waals surface area contributed by atoms with E-state index >= 15 is 0 Å². The fourth-order valence-electron chi connectivity index (χ4n) is 3.39. The number of halogens is 1. The SMILES string of the molecule is CC(C)c1ccc(C2/C(=C(\O)c3ccc(Br)cc3)C(=O)C(=O)N2CCO)cc1. The summed E-state index contributed by atoms with van der Waals surface area (Å²) < 4.78 is 0.839. The first kappa shape index (κ1) is 20.3. The van der Waals surface area contributed by atoms with Crippen LogP contribution < -0.4 is 0 Å². The van der Waals surface area contributed by atoms with Crippen LogP contribution >= 0.6 is 15.9 Å². The summed E-state index contributed by atoms with van der Waals surface area (Å²) in [7, 11) is 0. The maximum atomic E-state index is 12.7. The molecule has 146 valence electrons. The van der Waals surface area contributed by atoms with Crippen LogP contribution in [0.3, 0.4) is 0 Å². The summed E-state index contributed by atoms with van der Waals surface area (Å²) in [5, 5.41) is 20.3. The molecule has 1 fully saturated rings. The number of benzene rings is 2. The standard InChI is InChI=1S/C22H22BrNO4/c1-13(2)14-3-5-15(6-4-14)19-18(21(27)22(28)24(19)11-12-25)20(26)16-7-9-17(23)10-8-16/h3-10,13,19,25-26H,11-12H2,1-2H3/b20-18+. The number of nitrogens with zero attached hydrogens (tertiary/aromatic N) is 1. The van der Waals surface area contributed by atoms with Gasteiger partial charge in [0.05, 0.1) is 18.2 Å². The van der Waals surface area contributed by atoms with Crippen molar-refractivity contribution in [2.24, 2.45) is 0 Å². The van der Waals surface area contributed by atoms with Crippen molar-refractivity contribution >= 4 is 33.4 Å². The lowest BCUT2D eigenvalue weighted by molar-refractivity contribution is -0.140. The number of ketones is 1. The summed E-state index contributed by atoms with van der Waals surface area (Å²) in [6.07, 6.45) is 0. The Labute approximate surface area is 172 Å². The van der Waals surface area contributed by atoms with Crippen molar-refractivity contribution in [3.8, 4) is 0 Å². The Morgan fingerprint density at radius 2 is 1.68 bits per heavy atom. The molecule has 0 aliphatic carbocycles. The molecule has 3 rings (SSSR count). The second kappa shape index (κ2) is 8.29. The lowest BCUT2D eigenvalue weighted by Crippen LogP contribution is -2.32. The molecule has 1 amide bonds. The molecule has 1 saturated heterocycles. The molecule has 2 N–H and O–H groups in total. The lowest BCUT2D eigenvalue weighted by Gasteiger charge is -2.25. The van der Waals surface area contributed by atoms with Gasteiger partial charge in [0.1, 0.15) is 5.76 Å². The van der Waals surface area contributed by atoms with E-state index in [1.807, 2.05) is 24.3 Å². The van der Waals surface area contributed by atoms with Gasteiger partial charge in [0.15, 0.2) is 0 Å². The molecule has 2 aromatic carbocycles. The van der Waals surface area contributed by atoms with E-state index in [1.54, 1.807) is 24.3 Å². The summed E-state index contributed by atoms with van der Waals surface area (Å²) in [5.41, 5.74) is 2.35. The van der Waals surface area contributed by atoms with Crippen LogP contribution in [-0.2, 0) is 9.59 Å². The predicted octanol–water partition coefficient (Wildman–Crippen LogP) is 3.99. The third-order valence-corrected chi connectivity index (χ3v) is 5.45. The molecule has 2 aromatic rings. The molecule has 6 heteroatoms. The molecular formula is C22H22BrNO4. The van der Waals surface area contributed by atoms with Gasteiger partial charge in [-0.05, 0) is 29.2 Å². The largest absolute Gasteiger partial charge is 0.507 e. The van der Waals surface area contributed by atoms with E-state index in [0.29, 0.717) is 11.5 Å². The fraction of sp³-hybridized carbons (Fsp3) is 0.273. The van der Waals surface area contributed by atoms with Crippen LogP contribution in [-0.4, -0.2) is 40.0 Å². The Morgan fingerprint density at radius 1 is 1.07 bits per heavy atom. The Hall–Kier alpha value is -2.44. The number of aliphatic hydroxyl groups is 2. The normalized spacial score (nSPS) is 18.9. The molecule has 0 spiro atoms. The van der Waals surface area contributed by atoms with Crippen LogP contribution in [0, 0.1) is 0 Å². The molecule has 1 aliphatic rings. The van der Waals surface area contributed by atoms with E-state index in [9.17, 15) is 19.8 Å². The second-order valence-electron chi connectivity index (χ2n) is 7.04. The van der Waals surface area contributed by atoms with E-state index in [1.165, 1.54) is 4.90 Å². The number of carbonyl (C=O) groups is 2. The van der Waals surface area contributed by atoms with Crippen molar-refractivity contribution < 1.29 is 19.8 Å². The minimum absolute atomic E-state index is 0.0122. The van der Waals surface area contributed by atoms with Crippen molar-refractivity contribution in [1.82, 2.24) is 4.90 Å². The summed E-state index contributed by atoms with van der Waals surface area (Å²) in [6, 6.07) is 13.8. The molecule has 0 radical (unpaired) electrons. The van der Waals surface area contributed by atoms with Gasteiger partial charge in [0.25, 0.3) is 11.7 Å². The summed E-state index contributed by atoms with van der Waals surface area (Å²) in [4.78, 5) is 26.6. The zero-order valence-corrected chi connectivity index (χ0v) is 17.3. The smallest absolute Gasteiger partial charge is 0.295 e. The van der Waals surface area contributed by atoms with E-state index in [0.717, 1.165) is 15.6 Å². The number of β-amino-alcohol motifs (C(OH)–C–C–N with tert-alkyl or cyclic N) is 1. The van der Waals surface area contributed by atoms with Gasteiger partial charge in [-0.15, -0.1) is 0 Å². The zero-order chi connectivity index (χ0) is 20.4. The highest BCUT2D eigenvalue weighted by molar-refractivity contribution is 9.10. The molecule has 0 bridgehead atoms. The average Bonchev–Trinajstić information content (AvgIpc) is 2.93. The fourth-order valence-corrected chi connectivity index (χ4v) is 3.66. The Balaban J connectivity index is 2.14. The van der Waals surface area contributed by atoms with Crippen LogP contribution in [0.2, 0.25) is 0 Å². The van der Waals surface area contributed by atoms with Gasteiger partial charge < -0.3 is 15.1 Å². The van der Waals surface area contributed by atoms with Crippen LogP contribution in [0.1, 0.15) is 42.5 Å². The zero-order valence-electron chi connectivity index (χ0n) is 15.7. The monoisotopic (exact) mass is 443 g/mol. The summed E-state index contributed by atoms with van der Waals surface area (Å²) in [6.45, 7) is 3.91. The maximum absolute atomic E-state index is 12.7. The second-order valence-corrected chi connectivity index (χ2v) is 7.96. The van der Waals surface area contributed by atoms with E-state index in [4.69, 9.17) is 0 Å².